The molecule has 3 rings (SSSR count). The molecule has 17 heavy (non-hydrogen) atoms. The number of fused-ring (bicyclic) bond motifs is 1. The molecule has 3 nitrogen and oxygen atoms in total. The molecule has 4 heteroatoms. The molecule has 0 bridgehead atoms. The van der Waals surface area contributed by atoms with Gasteiger partial charge in [0.15, 0.2) is 0 Å². The summed E-state index contributed by atoms with van der Waals surface area (Å²) in [5.74, 6) is 1.51. The third-order valence-corrected chi connectivity index (χ3v) is 4.32. The first-order valence-electron chi connectivity index (χ1n) is 6.14. The first kappa shape index (κ1) is 11.0. The van der Waals surface area contributed by atoms with Crippen LogP contribution in [0.5, 0.6) is 0 Å². The van der Waals surface area contributed by atoms with Crippen LogP contribution in [0.25, 0.3) is 0 Å². The number of amides is 1. The van der Waals surface area contributed by atoms with Crippen molar-refractivity contribution < 1.29 is 4.79 Å². The van der Waals surface area contributed by atoms with Crippen molar-refractivity contribution in [3.05, 3.63) is 29.0 Å². The van der Waals surface area contributed by atoms with Gasteiger partial charge in [-0.3, -0.25) is 9.78 Å². The average molecular weight is 251 g/mol. The summed E-state index contributed by atoms with van der Waals surface area (Å²) in [6, 6.07) is 1.71. The predicted molar refractivity (Wildman–Crippen MR) is 66.0 cm³/mol. The van der Waals surface area contributed by atoms with Gasteiger partial charge in [0.2, 0.25) is 0 Å². The van der Waals surface area contributed by atoms with Crippen LogP contribution in [-0.4, -0.2) is 28.9 Å². The van der Waals surface area contributed by atoms with E-state index >= 15 is 0 Å². The van der Waals surface area contributed by atoms with Crippen LogP contribution in [0, 0.1) is 11.8 Å². The molecule has 0 N–H and O–H groups in total. The number of nitrogens with zero attached hydrogens (tertiary/aromatic N) is 2. The normalized spacial score (nSPS) is 27.2. The maximum absolute atomic E-state index is 12.3. The number of likely N-dealkylation sites (tertiary alicyclic amines) is 1. The molecule has 1 aromatic rings. The number of halogens is 1. The van der Waals surface area contributed by atoms with Crippen molar-refractivity contribution in [2.24, 2.45) is 11.8 Å². The first-order chi connectivity index (χ1) is 8.25. The molecule has 2 aliphatic rings. The predicted octanol–water partition coefficient (Wildman–Crippen LogP) is 2.61. The Labute approximate surface area is 106 Å². The number of pyridine rings is 1. The van der Waals surface area contributed by atoms with Crippen molar-refractivity contribution in [1.82, 2.24) is 9.88 Å². The summed E-state index contributed by atoms with van der Waals surface area (Å²) in [6.45, 7) is 1.81. The molecular weight excluding hydrogens is 236 g/mol. The Morgan fingerprint density at radius 1 is 1.35 bits per heavy atom. The maximum atomic E-state index is 12.3. The van der Waals surface area contributed by atoms with Gasteiger partial charge in [-0.2, -0.15) is 0 Å². The fraction of sp³-hybridized carbons (Fsp3) is 0.538. The molecule has 0 radical (unpaired) electrons. The van der Waals surface area contributed by atoms with E-state index in [0.717, 1.165) is 24.9 Å². The molecule has 0 aromatic carbocycles. The summed E-state index contributed by atoms with van der Waals surface area (Å²) in [5.41, 5.74) is 0.585. The van der Waals surface area contributed by atoms with E-state index in [-0.39, 0.29) is 5.91 Å². The lowest BCUT2D eigenvalue weighted by Crippen LogP contribution is -2.29. The minimum atomic E-state index is 0.0619. The lowest BCUT2D eigenvalue weighted by atomic mass is 10.0. The molecule has 1 amide bonds. The standard InChI is InChI=1S/C13H15ClN2O/c14-12-6-15-5-4-11(12)13(17)16-7-9-2-1-3-10(9)8-16/h4-6,9-10H,1-3,7-8H2. The van der Waals surface area contributed by atoms with Gasteiger partial charge in [-0.15, -0.1) is 0 Å². The van der Waals surface area contributed by atoms with Crippen LogP contribution in [0.2, 0.25) is 5.02 Å². The monoisotopic (exact) mass is 250 g/mol. The van der Waals surface area contributed by atoms with Gasteiger partial charge in [0.05, 0.1) is 10.6 Å². The van der Waals surface area contributed by atoms with Crippen LogP contribution in [0.3, 0.4) is 0 Å². The van der Waals surface area contributed by atoms with E-state index < -0.39 is 0 Å². The van der Waals surface area contributed by atoms with Gasteiger partial charge < -0.3 is 4.90 Å². The summed E-state index contributed by atoms with van der Waals surface area (Å²) in [6.07, 6.45) is 7.03. The van der Waals surface area contributed by atoms with Crippen molar-refractivity contribution in [2.45, 2.75) is 19.3 Å². The lowest BCUT2D eigenvalue weighted by molar-refractivity contribution is 0.0780. The van der Waals surface area contributed by atoms with Gasteiger partial charge in [-0.25, -0.2) is 0 Å². The second kappa shape index (κ2) is 4.30. The average Bonchev–Trinajstić information content (AvgIpc) is 2.88. The van der Waals surface area contributed by atoms with Gasteiger partial charge in [0, 0.05) is 25.5 Å². The van der Waals surface area contributed by atoms with Gasteiger partial charge in [0.25, 0.3) is 5.91 Å². The number of carbonyl (C=O) groups is 1. The molecule has 1 aliphatic heterocycles. The Hall–Kier alpha value is -1.09. The minimum Gasteiger partial charge on any atom is -0.338 e. The highest BCUT2D eigenvalue weighted by Crippen LogP contribution is 2.38. The number of aromatic nitrogens is 1. The van der Waals surface area contributed by atoms with Crippen LogP contribution in [-0.2, 0) is 0 Å². The molecule has 1 aromatic heterocycles. The quantitative estimate of drug-likeness (QED) is 0.768. The van der Waals surface area contributed by atoms with Crippen molar-refractivity contribution in [1.29, 1.82) is 0 Å². The fourth-order valence-corrected chi connectivity index (χ4v) is 3.32. The Morgan fingerprint density at radius 2 is 2.06 bits per heavy atom. The molecule has 0 spiro atoms. The van der Waals surface area contributed by atoms with E-state index in [1.807, 2.05) is 4.90 Å². The van der Waals surface area contributed by atoms with E-state index in [0.29, 0.717) is 10.6 Å². The van der Waals surface area contributed by atoms with Crippen molar-refractivity contribution >= 4 is 17.5 Å². The smallest absolute Gasteiger partial charge is 0.255 e. The van der Waals surface area contributed by atoms with Crippen LogP contribution in [0.1, 0.15) is 29.6 Å². The highest BCUT2D eigenvalue weighted by molar-refractivity contribution is 6.33. The second-order valence-corrected chi connectivity index (χ2v) is 5.42. The van der Waals surface area contributed by atoms with E-state index in [2.05, 4.69) is 4.98 Å². The molecule has 2 heterocycles. The van der Waals surface area contributed by atoms with E-state index in [9.17, 15) is 4.79 Å². The molecule has 2 fully saturated rings. The van der Waals surface area contributed by atoms with Gasteiger partial charge in [0.1, 0.15) is 0 Å². The molecule has 1 saturated heterocycles. The fourth-order valence-electron chi connectivity index (χ4n) is 3.12. The third-order valence-electron chi connectivity index (χ3n) is 4.02. The number of hydrogen-bond acceptors (Lipinski definition) is 2. The topological polar surface area (TPSA) is 33.2 Å². The summed E-state index contributed by atoms with van der Waals surface area (Å²) < 4.78 is 0. The zero-order valence-electron chi connectivity index (χ0n) is 9.60. The van der Waals surface area contributed by atoms with Crippen LogP contribution < -0.4 is 0 Å². The van der Waals surface area contributed by atoms with Crippen molar-refractivity contribution in [3.63, 3.8) is 0 Å². The van der Waals surface area contributed by atoms with E-state index in [1.165, 1.54) is 25.5 Å². The molecule has 1 saturated carbocycles. The van der Waals surface area contributed by atoms with Crippen LogP contribution in [0.15, 0.2) is 18.5 Å². The summed E-state index contributed by atoms with van der Waals surface area (Å²) in [7, 11) is 0. The Bertz CT molecular complexity index is 437. The zero-order valence-corrected chi connectivity index (χ0v) is 10.4. The third kappa shape index (κ3) is 1.93. The SMILES string of the molecule is O=C(c1ccncc1Cl)N1CC2CCCC2C1. The molecule has 2 atom stereocenters. The second-order valence-electron chi connectivity index (χ2n) is 5.02. The Morgan fingerprint density at radius 3 is 2.71 bits per heavy atom. The van der Waals surface area contributed by atoms with Gasteiger partial charge in [-0.05, 0) is 30.7 Å². The Kier molecular flexibility index (Phi) is 2.79. The van der Waals surface area contributed by atoms with Crippen molar-refractivity contribution in [2.75, 3.05) is 13.1 Å². The van der Waals surface area contributed by atoms with Crippen LogP contribution in [0.4, 0.5) is 0 Å². The highest BCUT2D eigenvalue weighted by Gasteiger charge is 2.38. The van der Waals surface area contributed by atoms with Gasteiger partial charge in [-0.1, -0.05) is 18.0 Å². The Balaban J connectivity index is 1.78. The number of rotatable bonds is 1. The largest absolute Gasteiger partial charge is 0.338 e. The van der Waals surface area contributed by atoms with Gasteiger partial charge >= 0.3 is 0 Å². The molecule has 2 unspecified atom stereocenters. The molecular formula is C13H15ClN2O. The number of carbonyl (C=O) groups excluding carboxylic acids is 1. The van der Waals surface area contributed by atoms with E-state index in [1.54, 1.807) is 12.3 Å². The highest BCUT2D eigenvalue weighted by atomic mass is 35.5. The summed E-state index contributed by atoms with van der Waals surface area (Å²) in [5, 5.41) is 0.453. The number of hydrogen-bond donors (Lipinski definition) is 0. The van der Waals surface area contributed by atoms with Crippen molar-refractivity contribution in [3.8, 4) is 0 Å². The zero-order chi connectivity index (χ0) is 11.8. The maximum Gasteiger partial charge on any atom is 0.255 e. The lowest BCUT2D eigenvalue weighted by Gasteiger charge is -2.17. The summed E-state index contributed by atoms with van der Waals surface area (Å²) in [4.78, 5) is 18.2. The summed E-state index contributed by atoms with van der Waals surface area (Å²) >= 11 is 6.01. The van der Waals surface area contributed by atoms with E-state index in [4.69, 9.17) is 11.6 Å². The first-order valence-corrected chi connectivity index (χ1v) is 6.52. The molecule has 90 valence electrons. The molecule has 1 aliphatic carbocycles. The van der Waals surface area contributed by atoms with Crippen LogP contribution >= 0.6 is 11.6 Å². The minimum absolute atomic E-state index is 0.0619.